The van der Waals surface area contributed by atoms with E-state index in [2.05, 4.69) is 5.32 Å². The number of nitrogens with one attached hydrogen (secondary N) is 1. The summed E-state index contributed by atoms with van der Waals surface area (Å²) < 4.78 is 48.0. The van der Waals surface area contributed by atoms with E-state index >= 15 is 0 Å². The molecule has 2 aromatic rings. The number of halogens is 3. The van der Waals surface area contributed by atoms with Crippen molar-refractivity contribution in [3.05, 3.63) is 35.6 Å². The molecule has 1 aromatic heterocycles. The van der Waals surface area contributed by atoms with Crippen molar-refractivity contribution in [1.82, 2.24) is 5.32 Å². The third kappa shape index (κ3) is 2.46. The van der Waals surface area contributed by atoms with Crippen LogP contribution in [0.3, 0.4) is 0 Å². The fourth-order valence-electron chi connectivity index (χ4n) is 2.18. The Hall–Kier alpha value is -1.53. The quantitative estimate of drug-likeness (QED) is 0.865. The van der Waals surface area contributed by atoms with Crippen molar-refractivity contribution in [3.63, 3.8) is 0 Å². The van der Waals surface area contributed by atoms with Crippen molar-refractivity contribution >= 4 is 11.0 Å². The van der Waals surface area contributed by atoms with Crippen molar-refractivity contribution in [3.8, 4) is 0 Å². The molecule has 1 unspecified atom stereocenters. The van der Waals surface area contributed by atoms with Gasteiger partial charge >= 0.3 is 6.18 Å². The van der Waals surface area contributed by atoms with Gasteiger partial charge in [0.1, 0.15) is 5.58 Å². The van der Waals surface area contributed by atoms with Gasteiger partial charge in [-0.2, -0.15) is 13.2 Å². The van der Waals surface area contributed by atoms with E-state index in [4.69, 9.17) is 9.15 Å². The van der Waals surface area contributed by atoms with Crippen LogP contribution in [0.4, 0.5) is 13.2 Å². The third-order valence-corrected chi connectivity index (χ3v) is 3.12. The fraction of sp³-hybridized carbons (Fsp3) is 0.385. The molecule has 0 bridgehead atoms. The first-order valence-corrected chi connectivity index (χ1v) is 5.97. The first kappa shape index (κ1) is 12.5. The van der Waals surface area contributed by atoms with Gasteiger partial charge in [-0.15, -0.1) is 0 Å². The highest BCUT2D eigenvalue weighted by atomic mass is 19.4. The molecular formula is C13H12F3NO2. The largest absolute Gasteiger partial charge is 0.452 e. The zero-order valence-corrected chi connectivity index (χ0v) is 9.96. The lowest BCUT2D eigenvalue weighted by molar-refractivity contribution is -0.152. The van der Waals surface area contributed by atoms with Gasteiger partial charge in [0.15, 0.2) is 0 Å². The minimum atomic E-state index is -4.46. The number of hydrogen-bond acceptors (Lipinski definition) is 3. The van der Waals surface area contributed by atoms with Crippen LogP contribution < -0.4 is 5.32 Å². The summed E-state index contributed by atoms with van der Waals surface area (Å²) in [5, 5.41) is 3.63. The van der Waals surface area contributed by atoms with E-state index in [1.807, 2.05) is 0 Å². The zero-order chi connectivity index (χ0) is 13.5. The second kappa shape index (κ2) is 4.54. The molecule has 0 aliphatic carbocycles. The maximum Gasteiger partial charge on any atom is 0.449 e. The van der Waals surface area contributed by atoms with E-state index in [9.17, 15) is 13.2 Å². The van der Waals surface area contributed by atoms with Gasteiger partial charge in [0, 0.05) is 18.5 Å². The monoisotopic (exact) mass is 271 g/mol. The number of alkyl halides is 3. The lowest BCUT2D eigenvalue weighted by atomic mass is 10.1. The first-order valence-electron chi connectivity index (χ1n) is 5.97. The highest BCUT2D eigenvalue weighted by Gasteiger charge is 2.35. The molecule has 1 fully saturated rings. The van der Waals surface area contributed by atoms with Crippen LogP contribution in [-0.2, 0) is 10.9 Å². The normalized spacial score (nSPS) is 20.9. The summed E-state index contributed by atoms with van der Waals surface area (Å²) in [5.74, 6) is -0.970. The Kier molecular flexibility index (Phi) is 2.99. The second-order valence-electron chi connectivity index (χ2n) is 4.47. The topological polar surface area (TPSA) is 34.4 Å². The molecule has 1 aromatic carbocycles. The predicted octanol–water partition coefficient (Wildman–Crippen LogP) is 3.11. The summed E-state index contributed by atoms with van der Waals surface area (Å²) in [6.07, 6.45) is -4.58. The molecule has 1 aliphatic rings. The Bertz CT molecular complexity index is 585. The molecule has 3 rings (SSSR count). The summed E-state index contributed by atoms with van der Waals surface area (Å²) >= 11 is 0. The van der Waals surface area contributed by atoms with Gasteiger partial charge in [0.2, 0.25) is 5.76 Å². The molecule has 3 nitrogen and oxygen atoms in total. The molecule has 0 amide bonds. The van der Waals surface area contributed by atoms with Gasteiger partial charge in [0.05, 0.1) is 12.7 Å². The fourth-order valence-corrected chi connectivity index (χ4v) is 2.18. The predicted molar refractivity (Wildman–Crippen MR) is 62.8 cm³/mol. The van der Waals surface area contributed by atoms with E-state index < -0.39 is 11.9 Å². The second-order valence-corrected chi connectivity index (χ2v) is 4.47. The average molecular weight is 271 g/mol. The molecule has 1 aliphatic heterocycles. The molecule has 2 heterocycles. The molecule has 102 valence electrons. The van der Waals surface area contributed by atoms with Crippen LogP contribution in [0, 0.1) is 0 Å². The molecule has 0 spiro atoms. The minimum Gasteiger partial charge on any atom is -0.452 e. The molecular weight excluding hydrogens is 259 g/mol. The number of rotatable bonds is 1. The summed E-state index contributed by atoms with van der Waals surface area (Å²) in [7, 11) is 0. The SMILES string of the molecule is FC(F)(F)c1cc2cc(C3CNCCO3)ccc2o1. The Labute approximate surface area is 107 Å². The lowest BCUT2D eigenvalue weighted by Crippen LogP contribution is -2.33. The van der Waals surface area contributed by atoms with Gasteiger partial charge in [-0.1, -0.05) is 6.07 Å². The van der Waals surface area contributed by atoms with Gasteiger partial charge in [-0.25, -0.2) is 0 Å². The molecule has 19 heavy (non-hydrogen) atoms. The van der Waals surface area contributed by atoms with Crippen molar-refractivity contribution in [2.45, 2.75) is 12.3 Å². The number of ether oxygens (including phenoxy) is 1. The molecule has 1 saturated heterocycles. The smallest absolute Gasteiger partial charge is 0.449 e. The zero-order valence-electron chi connectivity index (χ0n) is 9.96. The van der Waals surface area contributed by atoms with E-state index in [1.165, 1.54) is 0 Å². The van der Waals surface area contributed by atoms with E-state index in [0.717, 1.165) is 18.2 Å². The van der Waals surface area contributed by atoms with Crippen molar-refractivity contribution in [1.29, 1.82) is 0 Å². The Morgan fingerprint density at radius 3 is 2.74 bits per heavy atom. The third-order valence-electron chi connectivity index (χ3n) is 3.12. The van der Waals surface area contributed by atoms with E-state index in [0.29, 0.717) is 18.5 Å². The lowest BCUT2D eigenvalue weighted by Gasteiger charge is -2.23. The number of benzene rings is 1. The Morgan fingerprint density at radius 1 is 1.21 bits per heavy atom. The summed E-state index contributed by atoms with van der Waals surface area (Å²) in [5.41, 5.74) is 1.09. The minimum absolute atomic E-state index is 0.123. The van der Waals surface area contributed by atoms with Crippen molar-refractivity contribution in [2.24, 2.45) is 0 Å². The van der Waals surface area contributed by atoms with E-state index in [1.54, 1.807) is 18.2 Å². The van der Waals surface area contributed by atoms with Gasteiger partial charge in [-0.05, 0) is 23.8 Å². The van der Waals surface area contributed by atoms with Crippen LogP contribution in [0.15, 0.2) is 28.7 Å². The number of hydrogen-bond donors (Lipinski definition) is 1. The van der Waals surface area contributed by atoms with Crippen molar-refractivity contribution in [2.75, 3.05) is 19.7 Å². The maximum absolute atomic E-state index is 12.6. The molecule has 1 N–H and O–H groups in total. The van der Waals surface area contributed by atoms with Gasteiger partial charge in [0.25, 0.3) is 0 Å². The van der Waals surface area contributed by atoms with Crippen molar-refractivity contribution < 1.29 is 22.3 Å². The Balaban J connectivity index is 1.96. The first-order chi connectivity index (χ1) is 9.04. The summed E-state index contributed by atoms with van der Waals surface area (Å²) in [4.78, 5) is 0. The van der Waals surface area contributed by atoms with Crippen LogP contribution in [0.1, 0.15) is 17.4 Å². The van der Waals surface area contributed by atoms with Gasteiger partial charge < -0.3 is 14.5 Å². The van der Waals surface area contributed by atoms with E-state index in [-0.39, 0.29) is 11.7 Å². The highest BCUT2D eigenvalue weighted by molar-refractivity contribution is 5.79. The van der Waals surface area contributed by atoms with Crippen LogP contribution in [0.5, 0.6) is 0 Å². The maximum atomic E-state index is 12.6. The van der Waals surface area contributed by atoms with Crippen LogP contribution in [0.25, 0.3) is 11.0 Å². The molecule has 0 radical (unpaired) electrons. The van der Waals surface area contributed by atoms with Gasteiger partial charge in [-0.3, -0.25) is 0 Å². The molecule has 1 atom stereocenters. The standard InChI is InChI=1S/C13H12F3NO2/c14-13(15,16)12-6-9-5-8(1-2-10(9)19-12)11-7-17-3-4-18-11/h1-2,5-6,11,17H,3-4,7H2. The highest BCUT2D eigenvalue weighted by Crippen LogP contribution is 2.34. The summed E-state index contributed by atoms with van der Waals surface area (Å²) in [6, 6.07) is 6.00. The average Bonchev–Trinajstić information content (AvgIpc) is 2.82. The van der Waals surface area contributed by atoms with Crippen LogP contribution in [-0.4, -0.2) is 19.7 Å². The number of furan rings is 1. The summed E-state index contributed by atoms with van der Waals surface area (Å²) in [6.45, 7) is 2.06. The number of morpholine rings is 1. The molecule has 0 saturated carbocycles. The Morgan fingerprint density at radius 2 is 2.05 bits per heavy atom. The molecule has 6 heteroatoms. The van der Waals surface area contributed by atoms with Crippen LogP contribution in [0.2, 0.25) is 0 Å². The number of fused-ring (bicyclic) bond motifs is 1. The van der Waals surface area contributed by atoms with Crippen LogP contribution >= 0.6 is 0 Å².